The molecular weight excluding hydrogens is 350 g/mol. The van der Waals surface area contributed by atoms with Crippen molar-refractivity contribution in [2.24, 2.45) is 0 Å². The van der Waals surface area contributed by atoms with Gasteiger partial charge in [-0.25, -0.2) is 9.37 Å². The maximum absolute atomic E-state index is 12.9. The summed E-state index contributed by atoms with van der Waals surface area (Å²) in [6.45, 7) is 0. The van der Waals surface area contributed by atoms with Crippen LogP contribution in [0.1, 0.15) is 15.9 Å². The van der Waals surface area contributed by atoms with Crippen molar-refractivity contribution in [1.82, 2.24) is 4.98 Å². The Labute approximate surface area is 155 Å². The first-order chi connectivity index (χ1) is 12.7. The predicted octanol–water partition coefficient (Wildman–Crippen LogP) is 3.00. The van der Waals surface area contributed by atoms with Gasteiger partial charge in [-0.05, 0) is 47.4 Å². The van der Waals surface area contributed by atoms with Crippen LogP contribution in [-0.2, 0) is 5.75 Å². The maximum atomic E-state index is 12.9. The average molecular weight is 365 g/mol. The SMILES string of the molecule is O=C(Nc1ccc(F)cc1)c1ccc(SCc2ccccc2[B]O)nc1. The van der Waals surface area contributed by atoms with Crippen LogP contribution < -0.4 is 10.8 Å². The number of hydrogen-bond acceptors (Lipinski definition) is 4. The van der Waals surface area contributed by atoms with E-state index in [1.807, 2.05) is 24.3 Å². The predicted molar refractivity (Wildman–Crippen MR) is 102 cm³/mol. The van der Waals surface area contributed by atoms with Crippen LogP contribution in [0.15, 0.2) is 71.9 Å². The first kappa shape index (κ1) is 18.2. The monoisotopic (exact) mass is 365 g/mol. The summed E-state index contributed by atoms with van der Waals surface area (Å²) in [6.07, 6.45) is 1.51. The molecule has 1 heterocycles. The summed E-state index contributed by atoms with van der Waals surface area (Å²) in [5, 5.41) is 12.7. The molecule has 0 fully saturated rings. The topological polar surface area (TPSA) is 62.2 Å². The molecule has 4 nitrogen and oxygen atoms in total. The molecule has 0 aliphatic heterocycles. The van der Waals surface area contributed by atoms with Gasteiger partial charge >= 0.3 is 7.48 Å². The Bertz CT molecular complexity index is 889. The first-order valence-corrected chi connectivity index (χ1v) is 8.85. The summed E-state index contributed by atoms with van der Waals surface area (Å²) in [6, 6.07) is 16.6. The van der Waals surface area contributed by atoms with E-state index in [0.717, 1.165) is 23.5 Å². The molecule has 0 saturated carbocycles. The van der Waals surface area contributed by atoms with E-state index < -0.39 is 0 Å². The molecule has 0 aliphatic rings. The molecule has 1 aromatic heterocycles. The van der Waals surface area contributed by atoms with Gasteiger partial charge in [0, 0.05) is 17.6 Å². The third kappa shape index (κ3) is 4.71. The van der Waals surface area contributed by atoms with Gasteiger partial charge in [0.05, 0.1) is 10.6 Å². The van der Waals surface area contributed by atoms with E-state index in [9.17, 15) is 14.2 Å². The number of rotatable bonds is 6. The minimum absolute atomic E-state index is 0.305. The molecule has 129 valence electrons. The van der Waals surface area contributed by atoms with Crippen LogP contribution in [0.2, 0.25) is 0 Å². The highest BCUT2D eigenvalue weighted by molar-refractivity contribution is 7.98. The fourth-order valence-corrected chi connectivity index (χ4v) is 3.14. The number of pyridine rings is 1. The normalized spacial score (nSPS) is 10.4. The molecule has 2 N–H and O–H groups in total. The maximum Gasteiger partial charge on any atom is 0.327 e. The lowest BCUT2D eigenvalue weighted by molar-refractivity contribution is 0.102. The summed E-state index contributed by atoms with van der Waals surface area (Å²) in [5.41, 5.74) is 2.71. The van der Waals surface area contributed by atoms with E-state index in [4.69, 9.17) is 0 Å². The molecule has 0 atom stereocenters. The van der Waals surface area contributed by atoms with Gasteiger partial charge in [-0.15, -0.1) is 11.8 Å². The second-order valence-corrected chi connectivity index (χ2v) is 6.46. The number of nitrogens with zero attached hydrogens (tertiary/aromatic N) is 1. The van der Waals surface area contributed by atoms with Gasteiger partial charge in [-0.1, -0.05) is 24.3 Å². The zero-order chi connectivity index (χ0) is 18.4. The lowest BCUT2D eigenvalue weighted by atomic mass is 9.85. The van der Waals surface area contributed by atoms with Crippen molar-refractivity contribution in [3.8, 4) is 0 Å². The number of halogens is 1. The molecule has 0 spiro atoms. The fourth-order valence-electron chi connectivity index (χ4n) is 2.28. The van der Waals surface area contributed by atoms with E-state index in [0.29, 0.717) is 17.0 Å². The molecule has 3 rings (SSSR count). The quantitative estimate of drug-likeness (QED) is 0.521. The number of carbonyl (C=O) groups excluding carboxylic acids is 1. The molecule has 1 amide bonds. The summed E-state index contributed by atoms with van der Waals surface area (Å²) in [5.74, 6) is -0.00579. The molecule has 0 aliphatic carbocycles. The van der Waals surface area contributed by atoms with E-state index in [-0.39, 0.29) is 11.7 Å². The molecule has 1 radical (unpaired) electrons. The largest absolute Gasteiger partial charge is 0.450 e. The number of benzene rings is 2. The standard InChI is InChI=1S/C19H15BFN2O2S/c21-15-6-8-16(9-7-15)23-19(24)13-5-10-18(22-11-13)26-12-14-3-1-2-4-17(14)20-25/h1-11,25H,12H2,(H,23,24). The summed E-state index contributed by atoms with van der Waals surface area (Å²) >= 11 is 1.51. The average Bonchev–Trinajstić information content (AvgIpc) is 2.68. The van der Waals surface area contributed by atoms with Gasteiger partial charge in [0.15, 0.2) is 0 Å². The van der Waals surface area contributed by atoms with Crippen LogP contribution in [-0.4, -0.2) is 23.4 Å². The minimum atomic E-state index is -0.355. The Kier molecular flexibility index (Phi) is 6.04. The molecule has 0 saturated heterocycles. The third-order valence-electron chi connectivity index (χ3n) is 3.67. The van der Waals surface area contributed by atoms with Crippen LogP contribution >= 0.6 is 11.8 Å². The summed E-state index contributed by atoms with van der Waals surface area (Å²) < 4.78 is 12.9. The van der Waals surface area contributed by atoms with Crippen LogP contribution in [0.25, 0.3) is 0 Å². The highest BCUT2D eigenvalue weighted by atomic mass is 32.2. The minimum Gasteiger partial charge on any atom is -0.450 e. The molecule has 3 aromatic rings. The van der Waals surface area contributed by atoms with E-state index >= 15 is 0 Å². The van der Waals surface area contributed by atoms with Gasteiger partial charge in [-0.2, -0.15) is 0 Å². The zero-order valence-electron chi connectivity index (χ0n) is 13.7. The van der Waals surface area contributed by atoms with Crippen molar-refractivity contribution < 1.29 is 14.2 Å². The third-order valence-corrected chi connectivity index (χ3v) is 4.66. The summed E-state index contributed by atoms with van der Waals surface area (Å²) in [4.78, 5) is 16.5. The number of carbonyl (C=O) groups is 1. The van der Waals surface area contributed by atoms with Crippen molar-refractivity contribution in [1.29, 1.82) is 0 Å². The Balaban J connectivity index is 1.61. The lowest BCUT2D eigenvalue weighted by Crippen LogP contribution is -2.17. The van der Waals surface area contributed by atoms with Crippen LogP contribution in [0.5, 0.6) is 0 Å². The Morgan fingerprint density at radius 3 is 2.58 bits per heavy atom. The molecule has 0 unspecified atom stereocenters. The fraction of sp³-hybridized carbons (Fsp3) is 0.0526. The molecule has 0 bridgehead atoms. The Morgan fingerprint density at radius 2 is 1.88 bits per heavy atom. The number of thioether (sulfide) groups is 1. The van der Waals surface area contributed by atoms with Crippen LogP contribution in [0.3, 0.4) is 0 Å². The molecule has 7 heteroatoms. The highest BCUT2D eigenvalue weighted by Crippen LogP contribution is 2.20. The lowest BCUT2D eigenvalue weighted by Gasteiger charge is -2.07. The van der Waals surface area contributed by atoms with Crippen molar-refractivity contribution in [2.75, 3.05) is 5.32 Å². The van der Waals surface area contributed by atoms with Gasteiger partial charge < -0.3 is 10.3 Å². The van der Waals surface area contributed by atoms with Crippen molar-refractivity contribution >= 4 is 36.3 Å². The number of aromatic nitrogens is 1. The van der Waals surface area contributed by atoms with Crippen LogP contribution in [0.4, 0.5) is 10.1 Å². The van der Waals surface area contributed by atoms with Gasteiger partial charge in [0.2, 0.25) is 0 Å². The van der Waals surface area contributed by atoms with E-state index in [1.54, 1.807) is 12.1 Å². The number of nitrogens with one attached hydrogen (secondary N) is 1. The molecule has 2 aromatic carbocycles. The Morgan fingerprint density at radius 1 is 1.12 bits per heavy atom. The van der Waals surface area contributed by atoms with E-state index in [2.05, 4.69) is 10.3 Å². The van der Waals surface area contributed by atoms with Crippen LogP contribution in [0, 0.1) is 5.82 Å². The highest BCUT2D eigenvalue weighted by Gasteiger charge is 2.08. The molecular formula is C19H15BFN2O2S. The second-order valence-electron chi connectivity index (χ2n) is 5.46. The van der Waals surface area contributed by atoms with Crippen molar-refractivity contribution in [3.05, 3.63) is 83.8 Å². The van der Waals surface area contributed by atoms with E-state index in [1.165, 1.54) is 42.2 Å². The Hall–Kier alpha value is -2.64. The smallest absolute Gasteiger partial charge is 0.327 e. The molecule has 26 heavy (non-hydrogen) atoms. The number of hydrogen-bond donors (Lipinski definition) is 2. The first-order valence-electron chi connectivity index (χ1n) is 7.87. The van der Waals surface area contributed by atoms with Crippen molar-refractivity contribution in [3.63, 3.8) is 0 Å². The van der Waals surface area contributed by atoms with Gasteiger partial charge in [0.1, 0.15) is 5.82 Å². The number of amides is 1. The van der Waals surface area contributed by atoms with Gasteiger partial charge in [0.25, 0.3) is 5.91 Å². The van der Waals surface area contributed by atoms with Gasteiger partial charge in [-0.3, -0.25) is 4.79 Å². The number of anilines is 1. The zero-order valence-corrected chi connectivity index (χ0v) is 14.5. The van der Waals surface area contributed by atoms with Crippen molar-refractivity contribution in [2.45, 2.75) is 10.8 Å². The summed E-state index contributed by atoms with van der Waals surface area (Å²) in [7, 11) is 1.09. The second kappa shape index (κ2) is 8.64.